The number of aliphatic hydroxyl groups excluding tert-OH is 2. The maximum absolute atomic E-state index is 10.2. The molecule has 2 fully saturated rings. The van der Waals surface area contributed by atoms with E-state index in [2.05, 4.69) is 33.8 Å². The monoisotopic (exact) mass is 306 g/mol. The summed E-state index contributed by atoms with van der Waals surface area (Å²) < 4.78 is 0. The van der Waals surface area contributed by atoms with Crippen molar-refractivity contribution < 1.29 is 10.2 Å². The summed E-state index contributed by atoms with van der Waals surface area (Å²) in [6.07, 6.45) is 10.4. The first kappa shape index (κ1) is 16.5. The van der Waals surface area contributed by atoms with Gasteiger partial charge in [0.25, 0.3) is 0 Å². The van der Waals surface area contributed by atoms with Crippen LogP contribution in [0.5, 0.6) is 0 Å². The fourth-order valence-corrected chi connectivity index (χ4v) is 6.25. The SMILES string of the molecule is CC1(C)CCC[C@]2(C)[C@@H]3CC[C@](C)([C@H](O)CO)CC3=CC[C@H]12. The third-order valence-electron chi connectivity index (χ3n) is 7.72. The Hall–Kier alpha value is -0.340. The lowest BCUT2D eigenvalue weighted by molar-refractivity contribution is -0.0717. The van der Waals surface area contributed by atoms with Crippen molar-refractivity contribution in [1.29, 1.82) is 0 Å². The van der Waals surface area contributed by atoms with Crippen LogP contribution in [0.25, 0.3) is 0 Å². The molecule has 0 amide bonds. The van der Waals surface area contributed by atoms with Crippen LogP contribution in [-0.2, 0) is 0 Å². The van der Waals surface area contributed by atoms with Crippen LogP contribution in [0.3, 0.4) is 0 Å². The molecule has 0 heterocycles. The van der Waals surface area contributed by atoms with Gasteiger partial charge in [-0.25, -0.2) is 0 Å². The van der Waals surface area contributed by atoms with Crippen molar-refractivity contribution in [3.05, 3.63) is 11.6 Å². The highest BCUT2D eigenvalue weighted by molar-refractivity contribution is 5.23. The van der Waals surface area contributed by atoms with Crippen molar-refractivity contribution >= 4 is 0 Å². The molecule has 126 valence electrons. The van der Waals surface area contributed by atoms with Crippen molar-refractivity contribution in [3.63, 3.8) is 0 Å². The van der Waals surface area contributed by atoms with Crippen LogP contribution in [-0.4, -0.2) is 22.9 Å². The molecule has 0 saturated heterocycles. The van der Waals surface area contributed by atoms with E-state index in [1.165, 1.54) is 32.1 Å². The quantitative estimate of drug-likeness (QED) is 0.746. The van der Waals surface area contributed by atoms with Crippen molar-refractivity contribution in [2.75, 3.05) is 6.61 Å². The van der Waals surface area contributed by atoms with E-state index in [0.717, 1.165) is 18.8 Å². The molecule has 22 heavy (non-hydrogen) atoms. The van der Waals surface area contributed by atoms with Gasteiger partial charge in [0.2, 0.25) is 0 Å². The summed E-state index contributed by atoms with van der Waals surface area (Å²) >= 11 is 0. The molecule has 2 N–H and O–H groups in total. The van der Waals surface area contributed by atoms with Gasteiger partial charge in [-0.1, -0.05) is 45.8 Å². The van der Waals surface area contributed by atoms with Gasteiger partial charge in [-0.05, 0) is 66.6 Å². The summed E-state index contributed by atoms with van der Waals surface area (Å²) in [6, 6.07) is 0. The van der Waals surface area contributed by atoms with Crippen LogP contribution < -0.4 is 0 Å². The van der Waals surface area contributed by atoms with E-state index in [1.54, 1.807) is 5.57 Å². The fraction of sp³-hybridized carbons (Fsp3) is 0.900. The van der Waals surface area contributed by atoms with E-state index >= 15 is 0 Å². The van der Waals surface area contributed by atoms with Crippen molar-refractivity contribution in [2.24, 2.45) is 28.1 Å². The van der Waals surface area contributed by atoms with Gasteiger partial charge in [0, 0.05) is 0 Å². The molecule has 0 bridgehead atoms. The fourth-order valence-electron chi connectivity index (χ4n) is 6.25. The van der Waals surface area contributed by atoms with Gasteiger partial charge in [-0.3, -0.25) is 0 Å². The minimum Gasteiger partial charge on any atom is -0.394 e. The first-order valence-electron chi connectivity index (χ1n) is 9.21. The molecular weight excluding hydrogens is 272 g/mol. The molecule has 5 atom stereocenters. The first-order chi connectivity index (χ1) is 10.2. The Morgan fingerprint density at radius 1 is 1.18 bits per heavy atom. The second kappa shape index (κ2) is 5.34. The highest BCUT2D eigenvalue weighted by Crippen LogP contribution is 2.63. The van der Waals surface area contributed by atoms with Crippen molar-refractivity contribution in [2.45, 2.75) is 78.7 Å². The maximum atomic E-state index is 10.2. The molecule has 0 aromatic heterocycles. The lowest BCUT2D eigenvalue weighted by Crippen LogP contribution is -2.51. The largest absolute Gasteiger partial charge is 0.394 e. The van der Waals surface area contributed by atoms with Gasteiger partial charge in [0.1, 0.15) is 0 Å². The van der Waals surface area contributed by atoms with Gasteiger partial charge in [0.15, 0.2) is 0 Å². The topological polar surface area (TPSA) is 40.5 Å². The lowest BCUT2D eigenvalue weighted by atomic mass is 9.45. The highest BCUT2D eigenvalue weighted by atomic mass is 16.3. The smallest absolute Gasteiger partial charge is 0.0827 e. The second-order valence-corrected chi connectivity index (χ2v) is 9.54. The minimum absolute atomic E-state index is 0.110. The predicted octanol–water partition coefficient (Wildman–Crippen LogP) is 4.31. The van der Waals surface area contributed by atoms with Crippen LogP contribution in [0.1, 0.15) is 72.6 Å². The zero-order valence-electron chi connectivity index (χ0n) is 14.9. The third-order valence-corrected chi connectivity index (χ3v) is 7.72. The number of rotatable bonds is 2. The zero-order chi connectivity index (χ0) is 16.2. The zero-order valence-corrected chi connectivity index (χ0v) is 14.9. The van der Waals surface area contributed by atoms with Gasteiger partial charge >= 0.3 is 0 Å². The molecular formula is C20H34O2. The van der Waals surface area contributed by atoms with Crippen LogP contribution in [0.15, 0.2) is 11.6 Å². The molecule has 0 radical (unpaired) electrons. The van der Waals surface area contributed by atoms with Crippen LogP contribution in [0.2, 0.25) is 0 Å². The Bertz CT molecular complexity index is 466. The van der Waals surface area contributed by atoms with Gasteiger partial charge in [-0.15, -0.1) is 0 Å². The number of allylic oxidation sites excluding steroid dienone is 2. The molecule has 0 aromatic rings. The molecule has 3 rings (SSSR count). The lowest BCUT2D eigenvalue weighted by Gasteiger charge is -2.59. The molecule has 2 heteroatoms. The van der Waals surface area contributed by atoms with Crippen molar-refractivity contribution in [3.8, 4) is 0 Å². The van der Waals surface area contributed by atoms with Crippen LogP contribution in [0.4, 0.5) is 0 Å². The van der Waals surface area contributed by atoms with E-state index in [0.29, 0.717) is 16.7 Å². The molecule has 3 aliphatic rings. The van der Waals surface area contributed by atoms with Gasteiger partial charge in [0.05, 0.1) is 12.7 Å². The van der Waals surface area contributed by atoms with Crippen molar-refractivity contribution in [1.82, 2.24) is 0 Å². The normalized spacial score (nSPS) is 45.5. The molecule has 3 aliphatic carbocycles. The summed E-state index contributed by atoms with van der Waals surface area (Å²) in [4.78, 5) is 0. The second-order valence-electron chi connectivity index (χ2n) is 9.54. The number of hydrogen-bond acceptors (Lipinski definition) is 2. The van der Waals surface area contributed by atoms with Crippen LogP contribution in [0, 0.1) is 28.1 Å². The maximum Gasteiger partial charge on any atom is 0.0827 e. The standard InChI is InChI=1S/C20H34O2/c1-18(2)9-5-10-20(4)15-8-11-19(3,17(22)13-21)12-14(15)6-7-16(18)20/h6,15-17,21-22H,5,7-13H2,1-4H3/t15-,16-,17-,19+,20-/m1/s1. The van der Waals surface area contributed by atoms with E-state index in [1.807, 2.05) is 0 Å². The van der Waals surface area contributed by atoms with E-state index in [4.69, 9.17) is 0 Å². The Balaban J connectivity index is 1.89. The minimum atomic E-state index is -0.581. The average molecular weight is 306 g/mol. The van der Waals surface area contributed by atoms with E-state index in [9.17, 15) is 10.2 Å². The van der Waals surface area contributed by atoms with Gasteiger partial charge in [-0.2, -0.15) is 0 Å². The highest BCUT2D eigenvalue weighted by Gasteiger charge is 2.54. The van der Waals surface area contributed by atoms with E-state index in [-0.39, 0.29) is 12.0 Å². The molecule has 0 spiro atoms. The number of hydrogen-bond donors (Lipinski definition) is 2. The third kappa shape index (κ3) is 2.38. The van der Waals surface area contributed by atoms with Crippen LogP contribution >= 0.6 is 0 Å². The summed E-state index contributed by atoms with van der Waals surface area (Å²) in [5.74, 6) is 1.50. The van der Waals surface area contributed by atoms with Gasteiger partial charge < -0.3 is 10.2 Å². The molecule has 2 nitrogen and oxygen atoms in total. The Kier molecular flexibility index (Phi) is 4.01. The molecule has 0 unspecified atom stereocenters. The summed E-state index contributed by atoms with van der Waals surface area (Å²) in [5.41, 5.74) is 2.35. The predicted molar refractivity (Wildman–Crippen MR) is 90.5 cm³/mol. The number of fused-ring (bicyclic) bond motifs is 3. The molecule has 0 aliphatic heterocycles. The average Bonchev–Trinajstić information content (AvgIpc) is 2.45. The summed E-state index contributed by atoms with van der Waals surface area (Å²) in [7, 11) is 0. The number of aliphatic hydroxyl groups is 2. The first-order valence-corrected chi connectivity index (χ1v) is 9.21. The molecule has 2 saturated carbocycles. The Labute approximate surface area is 136 Å². The summed E-state index contributed by atoms with van der Waals surface area (Å²) in [5, 5.41) is 19.6. The Morgan fingerprint density at radius 2 is 1.91 bits per heavy atom. The summed E-state index contributed by atoms with van der Waals surface area (Å²) in [6.45, 7) is 9.53. The molecule has 0 aromatic carbocycles. The Morgan fingerprint density at radius 3 is 2.59 bits per heavy atom. The van der Waals surface area contributed by atoms with E-state index < -0.39 is 6.10 Å².